The number of ketones is 2. The first-order valence-corrected chi connectivity index (χ1v) is 12.7. The van der Waals surface area contributed by atoms with Gasteiger partial charge in [0.15, 0.2) is 23.1 Å². The van der Waals surface area contributed by atoms with E-state index in [0.29, 0.717) is 26.0 Å². The van der Waals surface area contributed by atoms with E-state index < -0.39 is 23.3 Å². The van der Waals surface area contributed by atoms with Crippen molar-refractivity contribution in [3.8, 4) is 17.2 Å². The van der Waals surface area contributed by atoms with Gasteiger partial charge >= 0.3 is 11.4 Å². The van der Waals surface area contributed by atoms with Crippen LogP contribution in [0.5, 0.6) is 11.5 Å². The Morgan fingerprint density at radius 1 is 1.03 bits per heavy atom. The van der Waals surface area contributed by atoms with Crippen molar-refractivity contribution < 1.29 is 19.4 Å². The van der Waals surface area contributed by atoms with Gasteiger partial charge in [-0.3, -0.25) is 9.59 Å². The van der Waals surface area contributed by atoms with Crippen molar-refractivity contribution in [3.05, 3.63) is 108 Å². The highest BCUT2D eigenvalue weighted by atomic mass is 127. The standard InChI is InChI=1S/C27H20IN3O6/c1-37-22-11-14(7-8-20(22)32)23-16-9-10-29-26(35)30(15-5-3-2-4-6-15)27(36)31(29)19(16)12-17-21(33)13-18(28)25(34)24(17)23/h2-9,11,13,19,23,32H,10,12H2,1H3. The Balaban J connectivity index is 1.59. The summed E-state index contributed by atoms with van der Waals surface area (Å²) in [7, 11) is 1.43. The van der Waals surface area contributed by atoms with Crippen LogP contribution in [-0.2, 0) is 16.1 Å². The number of carbonyl (C=O) groups is 2. The van der Waals surface area contributed by atoms with Gasteiger partial charge in [0.25, 0.3) is 0 Å². The lowest BCUT2D eigenvalue weighted by atomic mass is 9.69. The molecule has 1 aliphatic heterocycles. The number of ether oxygens (including phenoxy) is 1. The van der Waals surface area contributed by atoms with Gasteiger partial charge in [-0.25, -0.2) is 23.5 Å². The molecule has 0 saturated heterocycles. The Kier molecular flexibility index (Phi) is 5.44. The van der Waals surface area contributed by atoms with E-state index in [9.17, 15) is 24.3 Å². The van der Waals surface area contributed by atoms with Gasteiger partial charge in [0.05, 0.1) is 29.0 Å². The summed E-state index contributed by atoms with van der Waals surface area (Å²) in [5, 5.41) is 10.2. The molecule has 0 bridgehead atoms. The maximum atomic E-state index is 13.7. The van der Waals surface area contributed by atoms with Gasteiger partial charge < -0.3 is 9.84 Å². The highest BCUT2D eigenvalue weighted by molar-refractivity contribution is 14.1. The van der Waals surface area contributed by atoms with E-state index in [2.05, 4.69) is 0 Å². The normalized spacial score (nSPS) is 20.6. The number of benzene rings is 2. The van der Waals surface area contributed by atoms with Gasteiger partial charge in [0.1, 0.15) is 0 Å². The second kappa shape index (κ2) is 8.58. The summed E-state index contributed by atoms with van der Waals surface area (Å²) in [5.41, 5.74) is 1.52. The van der Waals surface area contributed by atoms with E-state index in [1.807, 2.05) is 28.7 Å². The van der Waals surface area contributed by atoms with Crippen molar-refractivity contribution in [1.82, 2.24) is 13.9 Å². The third-order valence-corrected chi connectivity index (χ3v) is 7.95. The number of hydrogen-bond acceptors (Lipinski definition) is 6. The zero-order valence-electron chi connectivity index (χ0n) is 19.6. The first-order valence-electron chi connectivity index (χ1n) is 11.6. The van der Waals surface area contributed by atoms with Gasteiger partial charge in [-0.05, 0) is 58.0 Å². The first-order chi connectivity index (χ1) is 17.8. The summed E-state index contributed by atoms with van der Waals surface area (Å²) in [5.74, 6) is -1.03. The Hall–Kier alpha value is -3.93. The molecular weight excluding hydrogens is 589 g/mol. The Bertz CT molecular complexity index is 1720. The van der Waals surface area contributed by atoms with Crippen LogP contribution in [0.4, 0.5) is 0 Å². The fourth-order valence-corrected chi connectivity index (χ4v) is 6.09. The van der Waals surface area contributed by atoms with Crippen molar-refractivity contribution in [2.24, 2.45) is 0 Å². The lowest BCUT2D eigenvalue weighted by molar-refractivity contribution is -0.115. The minimum Gasteiger partial charge on any atom is -0.504 e. The van der Waals surface area contributed by atoms with Crippen molar-refractivity contribution in [3.63, 3.8) is 0 Å². The zero-order chi connectivity index (χ0) is 26.0. The Morgan fingerprint density at radius 3 is 2.51 bits per heavy atom. The maximum Gasteiger partial charge on any atom is 0.352 e. The summed E-state index contributed by atoms with van der Waals surface area (Å²) in [6, 6.07) is 12.8. The molecular formula is C27H20IN3O6. The number of phenols is 1. The summed E-state index contributed by atoms with van der Waals surface area (Å²) in [6.07, 6.45) is 3.28. The van der Waals surface area contributed by atoms with Gasteiger partial charge in [-0.2, -0.15) is 0 Å². The van der Waals surface area contributed by atoms with Crippen LogP contribution in [0.25, 0.3) is 5.69 Å². The second-order valence-electron chi connectivity index (χ2n) is 9.03. The molecule has 3 aliphatic rings. The highest BCUT2D eigenvalue weighted by Gasteiger charge is 2.45. The predicted octanol–water partition coefficient (Wildman–Crippen LogP) is 2.95. The van der Waals surface area contributed by atoms with Gasteiger partial charge in [-0.15, -0.1) is 0 Å². The second-order valence-corrected chi connectivity index (χ2v) is 10.2. The number of nitrogens with zero attached hydrogens (tertiary/aromatic N) is 3. The predicted molar refractivity (Wildman–Crippen MR) is 143 cm³/mol. The van der Waals surface area contributed by atoms with Crippen molar-refractivity contribution in [1.29, 1.82) is 0 Å². The molecule has 0 saturated carbocycles. The van der Waals surface area contributed by atoms with Crippen LogP contribution in [0.1, 0.15) is 23.9 Å². The fourth-order valence-electron chi connectivity index (χ4n) is 5.52. The molecule has 186 valence electrons. The van der Waals surface area contributed by atoms with Crippen LogP contribution in [0.15, 0.2) is 90.6 Å². The average molecular weight is 609 g/mol. The summed E-state index contributed by atoms with van der Waals surface area (Å²) < 4.78 is 9.52. The number of carbonyl (C=O) groups excluding carboxylic acids is 2. The van der Waals surface area contributed by atoms with Crippen LogP contribution in [0.3, 0.4) is 0 Å². The number of para-hydroxylation sites is 1. The molecule has 0 spiro atoms. The molecule has 9 nitrogen and oxygen atoms in total. The maximum absolute atomic E-state index is 13.7. The molecule has 2 aliphatic carbocycles. The van der Waals surface area contributed by atoms with Crippen LogP contribution in [-0.4, -0.2) is 37.7 Å². The average Bonchev–Trinajstić information content (AvgIpc) is 3.16. The highest BCUT2D eigenvalue weighted by Crippen LogP contribution is 2.51. The number of aromatic nitrogens is 3. The van der Waals surface area contributed by atoms with Crippen molar-refractivity contribution >= 4 is 34.2 Å². The number of Topliss-reactive ketones (excluding diaryl/α,β-unsaturated/α-hetero) is 1. The lowest BCUT2D eigenvalue weighted by Crippen LogP contribution is -2.40. The monoisotopic (exact) mass is 609 g/mol. The summed E-state index contributed by atoms with van der Waals surface area (Å²) in [4.78, 5) is 53.6. The van der Waals surface area contributed by atoms with Gasteiger partial charge in [0.2, 0.25) is 0 Å². The van der Waals surface area contributed by atoms with E-state index >= 15 is 0 Å². The molecule has 2 heterocycles. The molecule has 1 aromatic heterocycles. The SMILES string of the molecule is COc1cc(C2C3=CCn4c(=O)n(-c5ccccc5)c(=O)n4C3CC3=C2C(=O)C(I)=CC3=O)ccc1O. The van der Waals surface area contributed by atoms with Crippen LogP contribution >= 0.6 is 22.6 Å². The number of methoxy groups -OCH3 is 1. The third-order valence-electron chi connectivity index (χ3n) is 7.15. The molecule has 2 aromatic carbocycles. The minimum atomic E-state index is -0.658. The van der Waals surface area contributed by atoms with Crippen LogP contribution in [0.2, 0.25) is 0 Å². The number of phenolic OH excluding ortho intramolecular Hbond substituents is 1. The van der Waals surface area contributed by atoms with Crippen LogP contribution in [0, 0.1) is 0 Å². The molecule has 37 heavy (non-hydrogen) atoms. The number of aromatic hydroxyl groups is 1. The van der Waals surface area contributed by atoms with E-state index in [1.165, 1.54) is 28.6 Å². The number of hydrogen-bond donors (Lipinski definition) is 1. The quantitative estimate of drug-likeness (QED) is 0.278. The summed E-state index contributed by atoms with van der Waals surface area (Å²) >= 11 is 1.87. The lowest BCUT2D eigenvalue weighted by Gasteiger charge is -2.39. The van der Waals surface area contributed by atoms with E-state index in [-0.39, 0.29) is 36.0 Å². The molecule has 6 rings (SSSR count). The number of allylic oxidation sites excluding steroid dienone is 6. The molecule has 10 heteroatoms. The molecule has 0 radical (unpaired) electrons. The Morgan fingerprint density at radius 2 is 1.78 bits per heavy atom. The molecule has 3 aromatic rings. The minimum absolute atomic E-state index is 0.0593. The van der Waals surface area contributed by atoms with Gasteiger partial charge in [0, 0.05) is 29.6 Å². The van der Waals surface area contributed by atoms with E-state index in [1.54, 1.807) is 42.5 Å². The van der Waals surface area contributed by atoms with Crippen molar-refractivity contribution in [2.75, 3.05) is 7.11 Å². The Labute approximate surface area is 223 Å². The van der Waals surface area contributed by atoms with Crippen LogP contribution < -0.4 is 16.1 Å². The molecule has 2 atom stereocenters. The number of rotatable bonds is 3. The molecule has 0 fully saturated rings. The number of halogens is 1. The van der Waals surface area contributed by atoms with E-state index in [0.717, 1.165) is 10.1 Å². The number of fused-ring (bicyclic) bond motifs is 3. The molecule has 1 N–H and O–H groups in total. The smallest absolute Gasteiger partial charge is 0.352 e. The van der Waals surface area contributed by atoms with E-state index in [4.69, 9.17) is 4.74 Å². The summed E-state index contributed by atoms with van der Waals surface area (Å²) in [6.45, 7) is 0.128. The van der Waals surface area contributed by atoms with Gasteiger partial charge in [-0.1, -0.05) is 30.3 Å². The first kappa shape index (κ1) is 23.5. The largest absolute Gasteiger partial charge is 0.504 e. The fraction of sp³-hybridized carbons (Fsp3) is 0.185. The molecule has 2 unspecified atom stereocenters. The zero-order valence-corrected chi connectivity index (χ0v) is 21.7. The molecule has 0 amide bonds. The topological polar surface area (TPSA) is 113 Å². The van der Waals surface area contributed by atoms with Crippen molar-refractivity contribution in [2.45, 2.75) is 24.9 Å². The third kappa shape index (κ3) is 3.42.